The molecule has 1 amide bonds. The number of hydrogen-bond acceptors (Lipinski definition) is 3. The maximum atomic E-state index is 11.9. The molecule has 1 aromatic rings. The molecule has 0 aliphatic carbocycles. The Labute approximate surface area is 128 Å². The van der Waals surface area contributed by atoms with Crippen LogP contribution >= 0.6 is 15.9 Å². The van der Waals surface area contributed by atoms with Gasteiger partial charge in [-0.15, -0.1) is 0 Å². The molecule has 0 fully saturated rings. The molecule has 0 unspecified atom stereocenters. The maximum Gasteiger partial charge on any atom is 0.405 e. The van der Waals surface area contributed by atoms with Gasteiger partial charge >= 0.3 is 6.18 Å². The summed E-state index contributed by atoms with van der Waals surface area (Å²) in [7, 11) is -3.79. The van der Waals surface area contributed by atoms with E-state index in [1.54, 1.807) is 5.32 Å². The molecule has 1 aromatic carbocycles. The predicted molar refractivity (Wildman–Crippen MR) is 73.0 cm³/mol. The van der Waals surface area contributed by atoms with Crippen LogP contribution in [0, 0.1) is 0 Å². The molecule has 0 saturated carbocycles. The van der Waals surface area contributed by atoms with Crippen molar-refractivity contribution in [3.05, 3.63) is 28.7 Å². The van der Waals surface area contributed by atoms with Gasteiger partial charge in [-0.05, 0) is 24.3 Å². The second-order valence-corrected chi connectivity index (χ2v) is 6.68. The lowest BCUT2D eigenvalue weighted by molar-refractivity contribution is -0.138. The van der Waals surface area contributed by atoms with Gasteiger partial charge in [0.2, 0.25) is 15.9 Å². The third-order valence-corrected chi connectivity index (χ3v) is 4.26. The lowest BCUT2D eigenvalue weighted by atomic mass is 10.4. The monoisotopic (exact) mass is 388 g/mol. The number of alkyl halides is 3. The quantitative estimate of drug-likeness (QED) is 0.779. The van der Waals surface area contributed by atoms with Crippen LogP contribution in [0.25, 0.3) is 0 Å². The van der Waals surface area contributed by atoms with E-state index >= 15 is 0 Å². The summed E-state index contributed by atoms with van der Waals surface area (Å²) in [6.07, 6.45) is -4.88. The first-order valence-electron chi connectivity index (χ1n) is 5.69. The van der Waals surface area contributed by atoms with Crippen LogP contribution in [0.15, 0.2) is 33.6 Å². The fraction of sp³-hybridized carbons (Fsp3) is 0.364. The molecule has 1 rings (SSSR count). The summed E-state index contributed by atoms with van der Waals surface area (Å²) in [5.74, 6) is -0.883. The number of sulfonamides is 1. The van der Waals surface area contributed by atoms with E-state index in [-0.39, 0.29) is 17.9 Å². The second-order valence-electron chi connectivity index (χ2n) is 3.99. The Bertz CT molecular complexity index is 588. The van der Waals surface area contributed by atoms with Crippen molar-refractivity contribution in [3.8, 4) is 0 Å². The summed E-state index contributed by atoms with van der Waals surface area (Å²) >= 11 is 3.16. The van der Waals surface area contributed by atoms with E-state index < -0.39 is 28.7 Å². The lowest BCUT2D eigenvalue weighted by Crippen LogP contribution is -2.36. The van der Waals surface area contributed by atoms with Gasteiger partial charge < -0.3 is 5.32 Å². The van der Waals surface area contributed by atoms with Crippen LogP contribution in [0.1, 0.15) is 6.42 Å². The van der Waals surface area contributed by atoms with Gasteiger partial charge in [0.25, 0.3) is 0 Å². The number of carbonyl (C=O) groups excluding carboxylic acids is 1. The number of benzene rings is 1. The highest BCUT2D eigenvalue weighted by Gasteiger charge is 2.27. The van der Waals surface area contributed by atoms with Crippen molar-refractivity contribution < 1.29 is 26.4 Å². The maximum absolute atomic E-state index is 11.9. The summed E-state index contributed by atoms with van der Waals surface area (Å²) in [6, 6.07) is 5.78. The Kier molecular flexibility index (Phi) is 6.17. The average molecular weight is 389 g/mol. The van der Waals surface area contributed by atoms with E-state index in [4.69, 9.17) is 0 Å². The van der Waals surface area contributed by atoms with Crippen LogP contribution < -0.4 is 10.0 Å². The van der Waals surface area contributed by atoms with Crippen molar-refractivity contribution >= 4 is 31.9 Å². The number of amides is 1. The van der Waals surface area contributed by atoms with Gasteiger partial charge in [-0.25, -0.2) is 13.1 Å². The average Bonchev–Trinajstić information content (AvgIpc) is 2.36. The van der Waals surface area contributed by atoms with Gasteiger partial charge in [0, 0.05) is 17.4 Å². The van der Waals surface area contributed by atoms with Gasteiger partial charge in [0.1, 0.15) is 6.54 Å². The molecule has 0 atom stereocenters. The van der Waals surface area contributed by atoms with Crippen molar-refractivity contribution in [2.24, 2.45) is 0 Å². The first kappa shape index (κ1) is 17.9. The van der Waals surface area contributed by atoms with Crippen molar-refractivity contribution in [2.75, 3.05) is 13.1 Å². The summed E-state index contributed by atoms with van der Waals surface area (Å²) in [6.45, 7) is -1.73. The Hall–Kier alpha value is -1.13. The van der Waals surface area contributed by atoms with Crippen LogP contribution in [0.3, 0.4) is 0 Å². The Morgan fingerprint density at radius 1 is 1.19 bits per heavy atom. The zero-order chi connectivity index (χ0) is 16.1. The van der Waals surface area contributed by atoms with E-state index in [9.17, 15) is 26.4 Å². The van der Waals surface area contributed by atoms with Gasteiger partial charge in [0.05, 0.1) is 4.90 Å². The summed E-state index contributed by atoms with van der Waals surface area (Å²) in [5.41, 5.74) is 0. The number of carbonyl (C=O) groups is 1. The Morgan fingerprint density at radius 2 is 1.76 bits per heavy atom. The molecular formula is C11H12BrF3N2O3S. The smallest absolute Gasteiger partial charge is 0.347 e. The molecule has 2 N–H and O–H groups in total. The normalized spacial score (nSPS) is 12.2. The van der Waals surface area contributed by atoms with E-state index in [0.717, 1.165) is 0 Å². The van der Waals surface area contributed by atoms with Crippen LogP contribution in [0.5, 0.6) is 0 Å². The molecule has 0 bridgehead atoms. The first-order chi connectivity index (χ1) is 9.60. The second kappa shape index (κ2) is 7.23. The number of rotatable bonds is 6. The minimum atomic E-state index is -4.49. The van der Waals surface area contributed by atoms with E-state index in [1.807, 2.05) is 0 Å². The Balaban J connectivity index is 2.44. The highest BCUT2D eigenvalue weighted by molar-refractivity contribution is 9.10. The largest absolute Gasteiger partial charge is 0.405 e. The molecule has 0 spiro atoms. The zero-order valence-corrected chi connectivity index (χ0v) is 13.0. The topological polar surface area (TPSA) is 75.3 Å². The van der Waals surface area contributed by atoms with E-state index in [1.165, 1.54) is 24.3 Å². The summed E-state index contributed by atoms with van der Waals surface area (Å²) in [5, 5.41) is 1.65. The minimum Gasteiger partial charge on any atom is -0.347 e. The number of hydrogen-bond donors (Lipinski definition) is 2. The molecule has 0 aliphatic heterocycles. The molecule has 5 nitrogen and oxygen atoms in total. The van der Waals surface area contributed by atoms with E-state index in [0.29, 0.717) is 4.47 Å². The molecule has 118 valence electrons. The molecule has 0 heterocycles. The minimum absolute atomic E-state index is 0.00130. The third kappa shape index (κ3) is 6.91. The lowest BCUT2D eigenvalue weighted by Gasteiger charge is -2.09. The van der Waals surface area contributed by atoms with Crippen molar-refractivity contribution in [2.45, 2.75) is 17.5 Å². The fourth-order valence-electron chi connectivity index (χ4n) is 1.28. The van der Waals surface area contributed by atoms with Crippen LogP contribution in [-0.2, 0) is 14.8 Å². The molecule has 10 heteroatoms. The standard InChI is InChI=1S/C11H12BrF3N2O3S/c12-8-1-3-9(4-2-8)21(19,20)17-6-5-10(18)16-7-11(13,14)15/h1-4,17H,5-7H2,(H,16,18). The molecular weight excluding hydrogens is 377 g/mol. The van der Waals surface area contributed by atoms with Crippen LogP contribution in [0.2, 0.25) is 0 Å². The summed E-state index contributed by atoms with van der Waals surface area (Å²) in [4.78, 5) is 11.1. The SMILES string of the molecule is O=C(CCNS(=O)(=O)c1ccc(Br)cc1)NCC(F)(F)F. The fourth-order valence-corrected chi connectivity index (χ4v) is 2.58. The predicted octanol–water partition coefficient (Wildman–Crippen LogP) is 1.80. The molecule has 21 heavy (non-hydrogen) atoms. The van der Waals surface area contributed by atoms with Crippen LogP contribution in [-0.4, -0.2) is 33.6 Å². The van der Waals surface area contributed by atoms with Crippen molar-refractivity contribution in [1.29, 1.82) is 0 Å². The van der Waals surface area contributed by atoms with Gasteiger partial charge in [-0.3, -0.25) is 4.79 Å². The van der Waals surface area contributed by atoms with Gasteiger partial charge in [-0.1, -0.05) is 15.9 Å². The highest BCUT2D eigenvalue weighted by atomic mass is 79.9. The van der Waals surface area contributed by atoms with Crippen molar-refractivity contribution in [3.63, 3.8) is 0 Å². The van der Waals surface area contributed by atoms with Gasteiger partial charge in [0.15, 0.2) is 0 Å². The summed E-state index contributed by atoms with van der Waals surface area (Å²) < 4.78 is 62.0. The number of halogens is 4. The van der Waals surface area contributed by atoms with Gasteiger partial charge in [-0.2, -0.15) is 13.2 Å². The Morgan fingerprint density at radius 3 is 2.29 bits per heavy atom. The third-order valence-electron chi connectivity index (χ3n) is 2.25. The van der Waals surface area contributed by atoms with Crippen molar-refractivity contribution in [1.82, 2.24) is 10.0 Å². The molecule has 0 radical (unpaired) electrons. The first-order valence-corrected chi connectivity index (χ1v) is 7.96. The molecule has 0 aliphatic rings. The van der Waals surface area contributed by atoms with Crippen LogP contribution in [0.4, 0.5) is 13.2 Å². The molecule has 0 saturated heterocycles. The molecule has 0 aromatic heterocycles. The zero-order valence-electron chi connectivity index (χ0n) is 10.6. The van der Waals surface area contributed by atoms with E-state index in [2.05, 4.69) is 20.7 Å². The number of nitrogens with one attached hydrogen (secondary N) is 2. The highest BCUT2D eigenvalue weighted by Crippen LogP contribution is 2.14.